The van der Waals surface area contributed by atoms with E-state index >= 15 is 0 Å². The van der Waals surface area contributed by atoms with Crippen LogP contribution in [0.4, 0.5) is 10.6 Å². The first-order valence-electron chi connectivity index (χ1n) is 6.65. The molecule has 0 fully saturated rings. The van der Waals surface area contributed by atoms with E-state index < -0.39 is 6.09 Å². The van der Waals surface area contributed by atoms with Crippen molar-refractivity contribution < 1.29 is 9.53 Å². The number of rotatable bonds is 4. The second kappa shape index (κ2) is 6.23. The van der Waals surface area contributed by atoms with Gasteiger partial charge in [-0.15, -0.1) is 0 Å². The van der Waals surface area contributed by atoms with Gasteiger partial charge in [-0.3, -0.25) is 10.00 Å². The Hall–Kier alpha value is -2.30. The quantitative estimate of drug-likeness (QED) is 0.930. The number of carbonyl (C=O) groups excluding carboxylic acids is 1. The Balaban J connectivity index is 1.99. The fraction of sp³-hybridized carbons (Fsp3) is 0.333. The van der Waals surface area contributed by atoms with E-state index in [1.165, 1.54) is 0 Å². The minimum Gasteiger partial charge on any atom is -0.441 e. The van der Waals surface area contributed by atoms with Crippen LogP contribution in [0.3, 0.4) is 0 Å². The van der Waals surface area contributed by atoms with Crippen molar-refractivity contribution >= 4 is 11.9 Å². The second-order valence-electron chi connectivity index (χ2n) is 4.61. The van der Waals surface area contributed by atoms with Gasteiger partial charge in [0.25, 0.3) is 0 Å². The summed E-state index contributed by atoms with van der Waals surface area (Å²) in [6, 6.07) is 9.62. The molecule has 1 aromatic heterocycles. The van der Waals surface area contributed by atoms with E-state index in [-0.39, 0.29) is 6.10 Å². The largest absolute Gasteiger partial charge is 0.441 e. The fourth-order valence-electron chi connectivity index (χ4n) is 1.98. The van der Waals surface area contributed by atoms with E-state index in [0.717, 1.165) is 17.5 Å². The highest BCUT2D eigenvalue weighted by molar-refractivity contribution is 5.84. The van der Waals surface area contributed by atoms with Crippen LogP contribution in [0.25, 0.3) is 0 Å². The molecule has 0 aliphatic heterocycles. The molecule has 1 aromatic carbocycles. The summed E-state index contributed by atoms with van der Waals surface area (Å²) in [7, 11) is 1.82. The first-order valence-corrected chi connectivity index (χ1v) is 6.65. The first kappa shape index (κ1) is 14.1. The predicted molar refractivity (Wildman–Crippen MR) is 77.5 cm³/mol. The van der Waals surface area contributed by atoms with Gasteiger partial charge in [-0.25, -0.2) is 4.79 Å². The van der Waals surface area contributed by atoms with Crippen LogP contribution in [0.5, 0.6) is 0 Å². The zero-order valence-corrected chi connectivity index (χ0v) is 12.0. The summed E-state index contributed by atoms with van der Waals surface area (Å²) in [5, 5.41) is 6.90. The maximum absolute atomic E-state index is 11.9. The van der Waals surface area contributed by atoms with Crippen molar-refractivity contribution in [2.45, 2.75) is 26.4 Å². The van der Waals surface area contributed by atoms with E-state index in [4.69, 9.17) is 4.74 Å². The van der Waals surface area contributed by atoms with E-state index in [9.17, 15) is 4.79 Å². The summed E-state index contributed by atoms with van der Waals surface area (Å²) in [5.74, 6) is 0.556. The van der Waals surface area contributed by atoms with Gasteiger partial charge in [-0.2, -0.15) is 5.10 Å². The number of nitrogens with one attached hydrogen (secondary N) is 1. The molecule has 0 spiro atoms. The van der Waals surface area contributed by atoms with Crippen LogP contribution in [0, 0.1) is 0 Å². The summed E-state index contributed by atoms with van der Waals surface area (Å²) in [4.78, 5) is 11.9. The van der Waals surface area contributed by atoms with Gasteiger partial charge >= 0.3 is 6.09 Å². The van der Waals surface area contributed by atoms with Crippen LogP contribution < -0.4 is 5.32 Å². The molecule has 0 saturated carbocycles. The molecule has 5 heteroatoms. The van der Waals surface area contributed by atoms with Gasteiger partial charge < -0.3 is 4.74 Å². The number of anilines is 1. The number of aromatic nitrogens is 2. The molecule has 1 N–H and O–H groups in total. The highest BCUT2D eigenvalue weighted by Crippen LogP contribution is 2.18. The third-order valence-corrected chi connectivity index (χ3v) is 3.06. The lowest BCUT2D eigenvalue weighted by molar-refractivity contribution is 0.121. The van der Waals surface area contributed by atoms with E-state index in [1.807, 2.05) is 57.4 Å². The molecule has 106 valence electrons. The van der Waals surface area contributed by atoms with E-state index in [0.29, 0.717) is 5.82 Å². The molecule has 0 aliphatic carbocycles. The van der Waals surface area contributed by atoms with Crippen molar-refractivity contribution in [2.24, 2.45) is 7.05 Å². The highest BCUT2D eigenvalue weighted by Gasteiger charge is 2.14. The number of nitrogens with zero attached hydrogens (tertiary/aromatic N) is 2. The van der Waals surface area contributed by atoms with Crippen molar-refractivity contribution in [3.05, 3.63) is 47.7 Å². The molecule has 0 aliphatic rings. The average molecular weight is 273 g/mol. The fourth-order valence-corrected chi connectivity index (χ4v) is 1.98. The molecule has 1 amide bonds. The van der Waals surface area contributed by atoms with Gasteiger partial charge in [-0.05, 0) is 18.9 Å². The van der Waals surface area contributed by atoms with Gasteiger partial charge in [0.1, 0.15) is 6.10 Å². The molecular formula is C15H19N3O2. The predicted octanol–water partition coefficient (Wildman–Crippen LogP) is 3.29. The maximum atomic E-state index is 11.9. The molecular weight excluding hydrogens is 254 g/mol. The molecule has 20 heavy (non-hydrogen) atoms. The van der Waals surface area contributed by atoms with Crippen LogP contribution in [-0.4, -0.2) is 15.9 Å². The van der Waals surface area contributed by atoms with Gasteiger partial charge in [0, 0.05) is 18.8 Å². The van der Waals surface area contributed by atoms with Crippen molar-refractivity contribution in [2.75, 3.05) is 5.32 Å². The topological polar surface area (TPSA) is 56.2 Å². The smallest absolute Gasteiger partial charge is 0.413 e. The molecule has 1 heterocycles. The van der Waals surface area contributed by atoms with Crippen LogP contribution in [0.2, 0.25) is 0 Å². The van der Waals surface area contributed by atoms with Gasteiger partial charge in [0.2, 0.25) is 0 Å². The van der Waals surface area contributed by atoms with Gasteiger partial charge in [0.15, 0.2) is 5.82 Å². The third kappa shape index (κ3) is 3.38. The minimum absolute atomic E-state index is 0.301. The number of amides is 1. The highest BCUT2D eigenvalue weighted by atomic mass is 16.6. The number of hydrogen-bond donors (Lipinski definition) is 1. The van der Waals surface area contributed by atoms with Crippen LogP contribution in [0.15, 0.2) is 36.5 Å². The lowest BCUT2D eigenvalue weighted by Crippen LogP contribution is -2.17. The Morgan fingerprint density at radius 3 is 2.75 bits per heavy atom. The molecule has 1 unspecified atom stereocenters. The Morgan fingerprint density at radius 2 is 2.10 bits per heavy atom. The Kier molecular flexibility index (Phi) is 4.40. The summed E-state index contributed by atoms with van der Waals surface area (Å²) >= 11 is 0. The Morgan fingerprint density at radius 1 is 1.40 bits per heavy atom. The molecule has 5 nitrogen and oxygen atoms in total. The molecule has 0 bridgehead atoms. The summed E-state index contributed by atoms with van der Waals surface area (Å²) < 4.78 is 7.03. The van der Waals surface area contributed by atoms with E-state index in [2.05, 4.69) is 10.4 Å². The standard InChI is InChI=1S/C15H19N3O2/c1-4-12-10-18(3)17-14(12)16-15(19)20-11(2)13-8-6-5-7-9-13/h5-11H,4H2,1-3H3,(H,16,17,19). The minimum atomic E-state index is -0.491. The van der Waals surface area contributed by atoms with Gasteiger partial charge in [-0.1, -0.05) is 37.3 Å². The van der Waals surface area contributed by atoms with Crippen molar-refractivity contribution in [1.82, 2.24) is 9.78 Å². The van der Waals surface area contributed by atoms with Crippen molar-refractivity contribution in [3.8, 4) is 0 Å². The average Bonchev–Trinajstić information content (AvgIpc) is 2.79. The van der Waals surface area contributed by atoms with Crippen LogP contribution >= 0.6 is 0 Å². The SMILES string of the molecule is CCc1cn(C)nc1NC(=O)OC(C)c1ccccc1. The number of benzene rings is 1. The second-order valence-corrected chi connectivity index (χ2v) is 4.61. The summed E-state index contributed by atoms with van der Waals surface area (Å²) in [6.07, 6.45) is 1.90. The van der Waals surface area contributed by atoms with E-state index in [1.54, 1.807) is 4.68 Å². The first-order chi connectivity index (χ1) is 9.60. The maximum Gasteiger partial charge on any atom is 0.413 e. The van der Waals surface area contributed by atoms with Crippen molar-refractivity contribution in [1.29, 1.82) is 0 Å². The number of aryl methyl sites for hydroxylation is 2. The van der Waals surface area contributed by atoms with Gasteiger partial charge in [0.05, 0.1) is 0 Å². The van der Waals surface area contributed by atoms with Crippen LogP contribution in [-0.2, 0) is 18.2 Å². The monoisotopic (exact) mass is 273 g/mol. The Labute approximate surface area is 118 Å². The molecule has 2 aromatic rings. The number of carbonyl (C=O) groups is 1. The normalized spacial score (nSPS) is 11.9. The molecule has 0 saturated heterocycles. The molecule has 0 radical (unpaired) electrons. The third-order valence-electron chi connectivity index (χ3n) is 3.06. The summed E-state index contributed by atoms with van der Waals surface area (Å²) in [6.45, 7) is 3.86. The molecule has 2 rings (SSSR count). The lowest BCUT2D eigenvalue weighted by Gasteiger charge is -2.13. The molecule has 1 atom stereocenters. The zero-order valence-electron chi connectivity index (χ0n) is 12.0. The zero-order chi connectivity index (χ0) is 14.5. The van der Waals surface area contributed by atoms with Crippen molar-refractivity contribution in [3.63, 3.8) is 0 Å². The number of ether oxygens (including phenoxy) is 1. The lowest BCUT2D eigenvalue weighted by atomic mass is 10.1. The van der Waals surface area contributed by atoms with Crippen LogP contribution in [0.1, 0.15) is 31.1 Å². The number of hydrogen-bond acceptors (Lipinski definition) is 3. The summed E-state index contributed by atoms with van der Waals surface area (Å²) in [5.41, 5.74) is 1.94. The Bertz CT molecular complexity index is 578.